The molecule has 0 saturated heterocycles. The zero-order valence-corrected chi connectivity index (χ0v) is 11.7. The van der Waals surface area contributed by atoms with Gasteiger partial charge in [0.15, 0.2) is 0 Å². The topological polar surface area (TPSA) is 12.0 Å². The van der Waals surface area contributed by atoms with Crippen LogP contribution < -0.4 is 5.32 Å². The molecule has 100 valence electrons. The van der Waals surface area contributed by atoms with Crippen molar-refractivity contribution in [3.63, 3.8) is 0 Å². The maximum Gasteiger partial charge on any atom is 0.123 e. The van der Waals surface area contributed by atoms with Crippen LogP contribution in [0, 0.1) is 11.2 Å². The first-order valence-corrected chi connectivity index (χ1v) is 7.16. The maximum atomic E-state index is 13.4. The Morgan fingerprint density at radius 1 is 1.28 bits per heavy atom. The molecule has 1 aliphatic carbocycles. The standard InChI is InChI=1S/C16H24FN/c1-4-16(5-2)14(11-15(16)18-6-3)12-8-7-9-13(17)10-12/h7-10,14-15,18H,4-6,11H2,1-3H3. The van der Waals surface area contributed by atoms with Gasteiger partial charge in [-0.3, -0.25) is 0 Å². The van der Waals surface area contributed by atoms with Gasteiger partial charge in [-0.05, 0) is 54.8 Å². The minimum absolute atomic E-state index is 0.111. The Hall–Kier alpha value is -0.890. The molecular formula is C16H24FN. The molecule has 1 aromatic carbocycles. The van der Waals surface area contributed by atoms with Crippen LogP contribution >= 0.6 is 0 Å². The summed E-state index contributed by atoms with van der Waals surface area (Å²) in [7, 11) is 0. The van der Waals surface area contributed by atoms with E-state index in [1.807, 2.05) is 6.07 Å². The summed E-state index contributed by atoms with van der Waals surface area (Å²) in [6.45, 7) is 7.70. The molecule has 18 heavy (non-hydrogen) atoms. The highest BCUT2D eigenvalue weighted by Gasteiger charge is 2.52. The molecule has 1 aromatic rings. The van der Waals surface area contributed by atoms with Gasteiger partial charge in [-0.25, -0.2) is 4.39 Å². The van der Waals surface area contributed by atoms with Gasteiger partial charge in [-0.1, -0.05) is 32.9 Å². The number of nitrogens with one attached hydrogen (secondary N) is 1. The van der Waals surface area contributed by atoms with E-state index in [9.17, 15) is 4.39 Å². The predicted molar refractivity (Wildman–Crippen MR) is 74.2 cm³/mol. The molecule has 0 radical (unpaired) electrons. The second-order valence-corrected chi connectivity index (χ2v) is 5.39. The third-order valence-electron chi connectivity index (χ3n) is 4.88. The Labute approximate surface area is 110 Å². The first-order valence-electron chi connectivity index (χ1n) is 7.16. The van der Waals surface area contributed by atoms with Crippen molar-refractivity contribution >= 4 is 0 Å². The molecule has 1 fully saturated rings. The zero-order valence-electron chi connectivity index (χ0n) is 11.7. The minimum Gasteiger partial charge on any atom is -0.314 e. The molecule has 0 bridgehead atoms. The van der Waals surface area contributed by atoms with Crippen LogP contribution in [0.15, 0.2) is 24.3 Å². The predicted octanol–water partition coefficient (Wildman–Crippen LogP) is 4.10. The monoisotopic (exact) mass is 249 g/mol. The quantitative estimate of drug-likeness (QED) is 0.828. The molecule has 0 heterocycles. The normalized spacial score (nSPS) is 25.8. The third kappa shape index (κ3) is 2.07. The number of halogens is 1. The Balaban J connectivity index is 2.24. The Morgan fingerprint density at radius 2 is 2.00 bits per heavy atom. The van der Waals surface area contributed by atoms with Crippen molar-refractivity contribution in [2.45, 2.75) is 52.0 Å². The van der Waals surface area contributed by atoms with E-state index in [1.54, 1.807) is 6.07 Å². The highest BCUT2D eigenvalue weighted by Crippen LogP contribution is 2.57. The van der Waals surface area contributed by atoms with Gasteiger partial charge in [0.05, 0.1) is 0 Å². The van der Waals surface area contributed by atoms with Gasteiger partial charge in [-0.15, -0.1) is 0 Å². The first-order chi connectivity index (χ1) is 8.67. The summed E-state index contributed by atoms with van der Waals surface area (Å²) >= 11 is 0. The first kappa shape index (κ1) is 13.5. The fraction of sp³-hybridized carbons (Fsp3) is 0.625. The van der Waals surface area contributed by atoms with Crippen LogP contribution in [-0.4, -0.2) is 12.6 Å². The fourth-order valence-corrected chi connectivity index (χ4v) is 3.75. The lowest BCUT2D eigenvalue weighted by Crippen LogP contribution is -2.58. The van der Waals surface area contributed by atoms with Crippen LogP contribution in [-0.2, 0) is 0 Å². The lowest BCUT2D eigenvalue weighted by Gasteiger charge is -2.56. The van der Waals surface area contributed by atoms with Crippen LogP contribution in [0.2, 0.25) is 0 Å². The van der Waals surface area contributed by atoms with E-state index in [0.717, 1.165) is 25.8 Å². The van der Waals surface area contributed by atoms with Gasteiger partial charge in [0.1, 0.15) is 5.82 Å². The van der Waals surface area contributed by atoms with E-state index in [1.165, 1.54) is 11.6 Å². The van der Waals surface area contributed by atoms with E-state index in [4.69, 9.17) is 0 Å². The molecule has 1 aliphatic rings. The third-order valence-corrected chi connectivity index (χ3v) is 4.88. The molecule has 2 unspecified atom stereocenters. The molecule has 2 atom stereocenters. The highest BCUT2D eigenvalue weighted by atomic mass is 19.1. The van der Waals surface area contributed by atoms with Crippen LogP contribution in [0.1, 0.15) is 51.5 Å². The maximum absolute atomic E-state index is 13.4. The van der Waals surface area contributed by atoms with Crippen molar-refractivity contribution in [1.29, 1.82) is 0 Å². The van der Waals surface area contributed by atoms with Crippen LogP contribution in [0.3, 0.4) is 0 Å². The lowest BCUT2D eigenvalue weighted by molar-refractivity contribution is 0.0209. The van der Waals surface area contributed by atoms with Crippen LogP contribution in [0.4, 0.5) is 4.39 Å². The molecule has 0 aliphatic heterocycles. The largest absolute Gasteiger partial charge is 0.314 e. The summed E-state index contributed by atoms with van der Waals surface area (Å²) in [5.41, 5.74) is 1.48. The van der Waals surface area contributed by atoms with Gasteiger partial charge >= 0.3 is 0 Å². The smallest absolute Gasteiger partial charge is 0.123 e. The van der Waals surface area contributed by atoms with Gasteiger partial charge in [0.2, 0.25) is 0 Å². The van der Waals surface area contributed by atoms with Crippen molar-refractivity contribution < 1.29 is 4.39 Å². The molecule has 2 heteroatoms. The average molecular weight is 249 g/mol. The lowest BCUT2D eigenvalue weighted by atomic mass is 9.52. The van der Waals surface area contributed by atoms with E-state index in [0.29, 0.717) is 17.4 Å². The van der Waals surface area contributed by atoms with Gasteiger partial charge in [0, 0.05) is 6.04 Å². The molecule has 0 spiro atoms. The summed E-state index contributed by atoms with van der Waals surface area (Å²) in [4.78, 5) is 0. The van der Waals surface area contributed by atoms with Crippen molar-refractivity contribution in [3.8, 4) is 0 Å². The second-order valence-electron chi connectivity index (χ2n) is 5.39. The van der Waals surface area contributed by atoms with Crippen molar-refractivity contribution in [2.24, 2.45) is 5.41 Å². The van der Waals surface area contributed by atoms with Gasteiger partial charge < -0.3 is 5.32 Å². The Morgan fingerprint density at radius 3 is 2.56 bits per heavy atom. The van der Waals surface area contributed by atoms with Crippen molar-refractivity contribution in [2.75, 3.05) is 6.54 Å². The molecule has 1 N–H and O–H groups in total. The van der Waals surface area contributed by atoms with Crippen LogP contribution in [0.25, 0.3) is 0 Å². The van der Waals surface area contributed by atoms with E-state index >= 15 is 0 Å². The fourth-order valence-electron chi connectivity index (χ4n) is 3.75. The SMILES string of the molecule is CCNC1CC(c2cccc(F)c2)C1(CC)CC. The number of hydrogen-bond donors (Lipinski definition) is 1. The Bertz CT molecular complexity index is 398. The molecule has 0 aromatic heterocycles. The van der Waals surface area contributed by atoms with Crippen LogP contribution in [0.5, 0.6) is 0 Å². The summed E-state index contributed by atoms with van der Waals surface area (Å²) in [5.74, 6) is 0.396. The summed E-state index contributed by atoms with van der Waals surface area (Å²) in [6.07, 6.45) is 3.45. The number of benzene rings is 1. The van der Waals surface area contributed by atoms with Gasteiger partial charge in [-0.2, -0.15) is 0 Å². The van der Waals surface area contributed by atoms with Crippen molar-refractivity contribution in [3.05, 3.63) is 35.6 Å². The molecule has 1 saturated carbocycles. The van der Waals surface area contributed by atoms with E-state index < -0.39 is 0 Å². The average Bonchev–Trinajstić information content (AvgIpc) is 2.36. The number of hydrogen-bond acceptors (Lipinski definition) is 1. The van der Waals surface area contributed by atoms with Crippen molar-refractivity contribution in [1.82, 2.24) is 5.32 Å². The highest BCUT2D eigenvalue weighted by molar-refractivity contribution is 5.29. The summed E-state index contributed by atoms with van der Waals surface area (Å²) < 4.78 is 13.4. The molecular weight excluding hydrogens is 225 g/mol. The van der Waals surface area contributed by atoms with E-state index in [2.05, 4.69) is 32.2 Å². The van der Waals surface area contributed by atoms with E-state index in [-0.39, 0.29) is 5.82 Å². The molecule has 2 rings (SSSR count). The second kappa shape index (κ2) is 5.40. The Kier molecular flexibility index (Phi) is 4.06. The number of rotatable bonds is 5. The molecule has 1 nitrogen and oxygen atoms in total. The summed E-state index contributed by atoms with van der Waals surface area (Å²) in [6, 6.07) is 7.75. The molecule has 0 amide bonds. The summed E-state index contributed by atoms with van der Waals surface area (Å²) in [5, 5.41) is 3.60. The zero-order chi connectivity index (χ0) is 13.2. The minimum atomic E-state index is -0.111. The van der Waals surface area contributed by atoms with Gasteiger partial charge in [0.25, 0.3) is 0 Å².